The van der Waals surface area contributed by atoms with Crippen LogP contribution in [0, 0.1) is 0 Å². The summed E-state index contributed by atoms with van der Waals surface area (Å²) >= 11 is 1.44. The third-order valence-electron chi connectivity index (χ3n) is 4.23. The van der Waals surface area contributed by atoms with Crippen LogP contribution in [0.3, 0.4) is 0 Å². The van der Waals surface area contributed by atoms with Gasteiger partial charge in [-0.25, -0.2) is 0 Å². The van der Waals surface area contributed by atoms with Crippen molar-refractivity contribution >= 4 is 23.2 Å². The molecule has 0 saturated carbocycles. The van der Waals surface area contributed by atoms with Crippen LogP contribution in [0.5, 0.6) is 11.5 Å². The SMILES string of the molecule is COc1ccc(C(=O)N2CCN(C(=O)c3cccs3)CC2)c(OC)c1. The number of hydrogen-bond acceptors (Lipinski definition) is 5. The van der Waals surface area contributed by atoms with Crippen molar-refractivity contribution in [2.75, 3.05) is 40.4 Å². The molecular weight excluding hydrogens is 340 g/mol. The van der Waals surface area contributed by atoms with E-state index in [1.54, 1.807) is 35.1 Å². The number of hydrogen-bond donors (Lipinski definition) is 0. The van der Waals surface area contributed by atoms with Crippen molar-refractivity contribution in [3.05, 3.63) is 46.2 Å². The molecule has 132 valence electrons. The molecule has 1 aromatic heterocycles. The Morgan fingerprint density at radius 2 is 1.64 bits per heavy atom. The Labute approximate surface area is 150 Å². The van der Waals surface area contributed by atoms with Gasteiger partial charge in [0.05, 0.1) is 24.7 Å². The van der Waals surface area contributed by atoms with Crippen molar-refractivity contribution in [1.29, 1.82) is 0 Å². The van der Waals surface area contributed by atoms with Crippen LogP contribution in [0.2, 0.25) is 0 Å². The summed E-state index contributed by atoms with van der Waals surface area (Å²) in [5, 5.41) is 1.89. The zero-order valence-corrected chi connectivity index (χ0v) is 15.0. The average molecular weight is 360 g/mol. The van der Waals surface area contributed by atoms with E-state index in [1.807, 2.05) is 17.5 Å². The van der Waals surface area contributed by atoms with Crippen molar-refractivity contribution in [3.63, 3.8) is 0 Å². The highest BCUT2D eigenvalue weighted by Crippen LogP contribution is 2.26. The molecule has 6 nitrogen and oxygen atoms in total. The summed E-state index contributed by atoms with van der Waals surface area (Å²) < 4.78 is 10.5. The first kappa shape index (κ1) is 17.3. The van der Waals surface area contributed by atoms with Crippen LogP contribution in [-0.2, 0) is 0 Å². The molecule has 0 atom stereocenters. The van der Waals surface area contributed by atoms with Gasteiger partial charge in [0.1, 0.15) is 11.5 Å². The van der Waals surface area contributed by atoms with Crippen LogP contribution >= 0.6 is 11.3 Å². The fourth-order valence-electron chi connectivity index (χ4n) is 2.81. The van der Waals surface area contributed by atoms with Crippen molar-refractivity contribution in [2.24, 2.45) is 0 Å². The second-order valence-corrected chi connectivity index (χ2v) is 6.58. The molecule has 3 rings (SSSR count). The summed E-state index contributed by atoms with van der Waals surface area (Å²) in [6.45, 7) is 2.07. The normalized spacial score (nSPS) is 14.3. The van der Waals surface area contributed by atoms with Gasteiger partial charge in [0.25, 0.3) is 11.8 Å². The molecule has 1 aliphatic rings. The van der Waals surface area contributed by atoms with E-state index >= 15 is 0 Å². The molecule has 1 aromatic carbocycles. The second-order valence-electron chi connectivity index (χ2n) is 5.63. The van der Waals surface area contributed by atoms with Gasteiger partial charge in [0.2, 0.25) is 0 Å². The monoisotopic (exact) mass is 360 g/mol. The van der Waals surface area contributed by atoms with E-state index in [9.17, 15) is 9.59 Å². The molecule has 25 heavy (non-hydrogen) atoms. The van der Waals surface area contributed by atoms with Gasteiger partial charge in [-0.15, -0.1) is 11.3 Å². The quantitative estimate of drug-likeness (QED) is 0.840. The molecule has 1 fully saturated rings. The van der Waals surface area contributed by atoms with Crippen molar-refractivity contribution in [2.45, 2.75) is 0 Å². The lowest BCUT2D eigenvalue weighted by molar-refractivity contribution is 0.0536. The largest absolute Gasteiger partial charge is 0.497 e. The first-order valence-corrected chi connectivity index (χ1v) is 8.86. The molecule has 0 unspecified atom stereocenters. The zero-order valence-electron chi connectivity index (χ0n) is 14.2. The number of rotatable bonds is 4. The third-order valence-corrected chi connectivity index (χ3v) is 5.08. The molecular formula is C18H20N2O4S. The summed E-state index contributed by atoms with van der Waals surface area (Å²) in [6.07, 6.45) is 0. The molecule has 7 heteroatoms. The minimum Gasteiger partial charge on any atom is -0.497 e. The minimum atomic E-state index is -0.0947. The maximum atomic E-state index is 12.8. The number of amides is 2. The highest BCUT2D eigenvalue weighted by molar-refractivity contribution is 7.12. The van der Waals surface area contributed by atoms with Gasteiger partial charge >= 0.3 is 0 Å². The Morgan fingerprint density at radius 3 is 2.20 bits per heavy atom. The lowest BCUT2D eigenvalue weighted by Gasteiger charge is -2.34. The minimum absolute atomic E-state index is 0.0316. The molecule has 2 heterocycles. The molecule has 0 aliphatic carbocycles. The van der Waals surface area contributed by atoms with Crippen LogP contribution in [-0.4, -0.2) is 62.0 Å². The van der Waals surface area contributed by atoms with E-state index < -0.39 is 0 Å². The Balaban J connectivity index is 1.67. The third kappa shape index (κ3) is 3.61. The first-order chi connectivity index (χ1) is 12.1. The first-order valence-electron chi connectivity index (χ1n) is 7.98. The Morgan fingerprint density at radius 1 is 0.960 bits per heavy atom. The van der Waals surface area contributed by atoms with Crippen molar-refractivity contribution < 1.29 is 19.1 Å². The molecule has 1 saturated heterocycles. The van der Waals surface area contributed by atoms with Gasteiger partial charge in [-0.05, 0) is 23.6 Å². The van der Waals surface area contributed by atoms with Crippen LogP contribution in [0.15, 0.2) is 35.7 Å². The van der Waals surface area contributed by atoms with E-state index in [0.29, 0.717) is 43.2 Å². The van der Waals surface area contributed by atoms with E-state index in [1.165, 1.54) is 18.4 Å². The highest BCUT2D eigenvalue weighted by atomic mass is 32.1. The van der Waals surface area contributed by atoms with Gasteiger partial charge in [-0.2, -0.15) is 0 Å². The van der Waals surface area contributed by atoms with Gasteiger partial charge in [-0.3, -0.25) is 9.59 Å². The fraction of sp³-hybridized carbons (Fsp3) is 0.333. The highest BCUT2D eigenvalue weighted by Gasteiger charge is 2.27. The van der Waals surface area contributed by atoms with Gasteiger partial charge in [-0.1, -0.05) is 6.07 Å². The van der Waals surface area contributed by atoms with E-state index in [2.05, 4.69) is 0 Å². The average Bonchev–Trinajstić information content (AvgIpc) is 3.21. The molecule has 0 N–H and O–H groups in total. The number of carbonyl (C=O) groups excluding carboxylic acids is 2. The number of ether oxygens (including phenoxy) is 2. The van der Waals surface area contributed by atoms with Crippen LogP contribution < -0.4 is 9.47 Å². The summed E-state index contributed by atoms with van der Waals surface area (Å²) in [4.78, 5) is 29.4. The lowest BCUT2D eigenvalue weighted by Crippen LogP contribution is -2.50. The topological polar surface area (TPSA) is 59.1 Å². The molecule has 2 aromatic rings. The Bertz CT molecular complexity index is 752. The number of piperazine rings is 1. The number of thiophene rings is 1. The number of benzene rings is 1. The lowest BCUT2D eigenvalue weighted by atomic mass is 10.1. The molecule has 0 spiro atoms. The van der Waals surface area contributed by atoms with Crippen LogP contribution in [0.25, 0.3) is 0 Å². The number of nitrogens with zero attached hydrogens (tertiary/aromatic N) is 2. The van der Waals surface area contributed by atoms with E-state index in [4.69, 9.17) is 9.47 Å². The summed E-state index contributed by atoms with van der Waals surface area (Å²) in [5.74, 6) is 1.06. The van der Waals surface area contributed by atoms with E-state index in [-0.39, 0.29) is 11.8 Å². The van der Waals surface area contributed by atoms with Crippen molar-refractivity contribution in [1.82, 2.24) is 9.80 Å². The summed E-state index contributed by atoms with van der Waals surface area (Å²) in [6, 6.07) is 8.85. The van der Waals surface area contributed by atoms with Gasteiger partial charge in [0, 0.05) is 32.2 Å². The standard InChI is InChI=1S/C18H20N2O4S/c1-23-13-5-6-14(15(12-13)24-2)17(21)19-7-9-20(10-8-19)18(22)16-4-3-11-25-16/h3-6,11-12H,7-10H2,1-2H3. The second kappa shape index (κ2) is 7.57. The Hall–Kier alpha value is -2.54. The van der Waals surface area contributed by atoms with Crippen molar-refractivity contribution in [3.8, 4) is 11.5 Å². The number of methoxy groups -OCH3 is 2. The summed E-state index contributed by atoms with van der Waals surface area (Å²) in [7, 11) is 3.10. The molecule has 2 amide bonds. The zero-order chi connectivity index (χ0) is 17.8. The van der Waals surface area contributed by atoms with Crippen LogP contribution in [0.1, 0.15) is 20.0 Å². The van der Waals surface area contributed by atoms with Gasteiger partial charge in [0.15, 0.2) is 0 Å². The van der Waals surface area contributed by atoms with Gasteiger partial charge < -0.3 is 19.3 Å². The summed E-state index contributed by atoms with van der Waals surface area (Å²) in [5.41, 5.74) is 0.501. The van der Waals surface area contributed by atoms with E-state index in [0.717, 1.165) is 4.88 Å². The predicted molar refractivity (Wildman–Crippen MR) is 95.7 cm³/mol. The molecule has 0 radical (unpaired) electrons. The maximum absolute atomic E-state index is 12.8. The smallest absolute Gasteiger partial charge is 0.264 e. The van der Waals surface area contributed by atoms with Crippen LogP contribution in [0.4, 0.5) is 0 Å². The number of carbonyl (C=O) groups is 2. The molecule has 1 aliphatic heterocycles. The Kier molecular flexibility index (Phi) is 5.23. The predicted octanol–water partition coefficient (Wildman–Crippen LogP) is 2.36. The maximum Gasteiger partial charge on any atom is 0.264 e. The fourth-order valence-corrected chi connectivity index (χ4v) is 3.51. The molecule has 0 bridgehead atoms.